The molecule has 0 fully saturated rings. The van der Waals surface area contributed by atoms with Gasteiger partial charge in [0.15, 0.2) is 0 Å². The predicted octanol–water partition coefficient (Wildman–Crippen LogP) is 2.60. The van der Waals surface area contributed by atoms with E-state index in [1.165, 1.54) is 5.57 Å². The molecule has 0 saturated carbocycles. The number of nitrogens with two attached hydrogens (primary N) is 1. The molecule has 2 nitrogen and oxygen atoms in total. The lowest BCUT2D eigenvalue weighted by molar-refractivity contribution is -0.114. The van der Waals surface area contributed by atoms with Crippen molar-refractivity contribution in [3.05, 3.63) is 23.8 Å². The van der Waals surface area contributed by atoms with Crippen molar-refractivity contribution in [3.8, 4) is 0 Å². The van der Waals surface area contributed by atoms with E-state index in [0.717, 1.165) is 32.0 Å². The van der Waals surface area contributed by atoms with E-state index in [4.69, 9.17) is 5.73 Å². The highest BCUT2D eigenvalue weighted by molar-refractivity contribution is 5.66. The number of hydrogen-bond donors (Lipinski definition) is 1. The van der Waals surface area contributed by atoms with Crippen molar-refractivity contribution in [3.63, 3.8) is 0 Å². The van der Waals surface area contributed by atoms with E-state index in [1.807, 2.05) is 12.2 Å². The monoisotopic (exact) mass is 207 g/mol. The van der Waals surface area contributed by atoms with Gasteiger partial charge in [-0.05, 0) is 12.8 Å². The summed E-state index contributed by atoms with van der Waals surface area (Å²) in [6, 6.07) is -0.151. The predicted molar refractivity (Wildman–Crippen MR) is 63.5 cm³/mol. The lowest BCUT2D eigenvalue weighted by Gasteiger charge is -2.32. The standard InChI is InChI=1S/C13H21NO/c1-3-5-11-6-8-13(10-15,7-4-2)12(14)9-11/h6,8-10,12H,3-5,7,14H2,1-2H3. The Morgan fingerprint density at radius 1 is 1.47 bits per heavy atom. The Balaban J connectivity index is 2.82. The molecular formula is C13H21NO. The smallest absolute Gasteiger partial charge is 0.131 e. The maximum absolute atomic E-state index is 11.2. The molecule has 0 heterocycles. The zero-order chi connectivity index (χ0) is 11.3. The minimum absolute atomic E-state index is 0.151. The number of aldehydes is 1. The van der Waals surface area contributed by atoms with Crippen molar-refractivity contribution >= 4 is 6.29 Å². The Morgan fingerprint density at radius 2 is 2.20 bits per heavy atom. The second kappa shape index (κ2) is 5.26. The zero-order valence-corrected chi connectivity index (χ0v) is 9.70. The van der Waals surface area contributed by atoms with Gasteiger partial charge in [-0.2, -0.15) is 0 Å². The molecule has 84 valence electrons. The number of carbonyl (C=O) groups is 1. The lowest BCUT2D eigenvalue weighted by atomic mass is 9.74. The van der Waals surface area contributed by atoms with Gasteiger partial charge in [0.05, 0.1) is 5.41 Å². The van der Waals surface area contributed by atoms with E-state index >= 15 is 0 Å². The second-order valence-electron chi connectivity index (χ2n) is 4.33. The van der Waals surface area contributed by atoms with Crippen molar-refractivity contribution in [2.45, 2.75) is 45.6 Å². The van der Waals surface area contributed by atoms with Gasteiger partial charge < -0.3 is 10.5 Å². The van der Waals surface area contributed by atoms with Gasteiger partial charge in [0.25, 0.3) is 0 Å². The third kappa shape index (κ3) is 2.57. The fourth-order valence-electron chi connectivity index (χ4n) is 2.13. The summed E-state index contributed by atoms with van der Waals surface area (Å²) in [5.41, 5.74) is 6.88. The Labute approximate surface area is 92.2 Å². The topological polar surface area (TPSA) is 43.1 Å². The van der Waals surface area contributed by atoms with E-state index in [0.29, 0.717) is 0 Å². The third-order valence-corrected chi connectivity index (χ3v) is 3.06. The highest BCUT2D eigenvalue weighted by Crippen LogP contribution is 2.32. The molecule has 0 saturated heterocycles. The maximum Gasteiger partial charge on any atom is 0.131 e. The summed E-state index contributed by atoms with van der Waals surface area (Å²) in [4.78, 5) is 11.2. The van der Waals surface area contributed by atoms with Crippen molar-refractivity contribution in [1.82, 2.24) is 0 Å². The van der Waals surface area contributed by atoms with Crippen LogP contribution in [0, 0.1) is 5.41 Å². The van der Waals surface area contributed by atoms with E-state index < -0.39 is 5.41 Å². The van der Waals surface area contributed by atoms with Crippen LogP contribution in [0.3, 0.4) is 0 Å². The summed E-state index contributed by atoms with van der Waals surface area (Å²) in [6.45, 7) is 4.23. The van der Waals surface area contributed by atoms with Crippen molar-refractivity contribution < 1.29 is 4.79 Å². The van der Waals surface area contributed by atoms with Crippen LogP contribution < -0.4 is 5.73 Å². The minimum atomic E-state index is -0.452. The van der Waals surface area contributed by atoms with Crippen LogP contribution in [-0.2, 0) is 4.79 Å². The van der Waals surface area contributed by atoms with E-state index in [2.05, 4.69) is 19.9 Å². The zero-order valence-electron chi connectivity index (χ0n) is 9.70. The summed E-state index contributed by atoms with van der Waals surface area (Å²) >= 11 is 0. The lowest BCUT2D eigenvalue weighted by Crippen LogP contribution is -2.41. The van der Waals surface area contributed by atoms with Crippen molar-refractivity contribution in [2.24, 2.45) is 11.1 Å². The molecule has 0 amide bonds. The van der Waals surface area contributed by atoms with Gasteiger partial charge in [0.2, 0.25) is 0 Å². The molecule has 0 bridgehead atoms. The van der Waals surface area contributed by atoms with Crippen LogP contribution in [0.4, 0.5) is 0 Å². The van der Waals surface area contributed by atoms with Crippen LogP contribution in [-0.4, -0.2) is 12.3 Å². The van der Waals surface area contributed by atoms with Crippen molar-refractivity contribution in [1.29, 1.82) is 0 Å². The van der Waals surface area contributed by atoms with Crippen molar-refractivity contribution in [2.75, 3.05) is 0 Å². The second-order valence-corrected chi connectivity index (χ2v) is 4.33. The van der Waals surface area contributed by atoms with Crippen LogP contribution in [0.5, 0.6) is 0 Å². The molecule has 0 aromatic rings. The fourth-order valence-corrected chi connectivity index (χ4v) is 2.13. The number of hydrogen-bond acceptors (Lipinski definition) is 2. The molecule has 1 rings (SSSR count). The van der Waals surface area contributed by atoms with Crippen LogP contribution >= 0.6 is 0 Å². The van der Waals surface area contributed by atoms with Crippen LogP contribution in [0.25, 0.3) is 0 Å². The van der Waals surface area contributed by atoms with E-state index in [-0.39, 0.29) is 6.04 Å². The molecule has 2 heteroatoms. The summed E-state index contributed by atoms with van der Waals surface area (Å²) in [7, 11) is 0. The van der Waals surface area contributed by atoms with Gasteiger partial charge in [0.1, 0.15) is 6.29 Å². The van der Waals surface area contributed by atoms with E-state index in [9.17, 15) is 4.79 Å². The summed E-state index contributed by atoms with van der Waals surface area (Å²) < 4.78 is 0. The largest absolute Gasteiger partial charge is 0.323 e. The van der Waals surface area contributed by atoms with Crippen LogP contribution in [0.1, 0.15) is 39.5 Å². The fraction of sp³-hybridized carbons (Fsp3) is 0.615. The minimum Gasteiger partial charge on any atom is -0.323 e. The molecule has 0 aromatic heterocycles. The molecule has 0 radical (unpaired) electrons. The number of carbonyl (C=O) groups excluding carboxylic acids is 1. The van der Waals surface area contributed by atoms with Gasteiger partial charge in [-0.25, -0.2) is 0 Å². The first kappa shape index (κ1) is 12.2. The maximum atomic E-state index is 11.2. The first-order valence-corrected chi connectivity index (χ1v) is 5.80. The Kier molecular flexibility index (Phi) is 4.28. The normalized spacial score (nSPS) is 30.1. The van der Waals surface area contributed by atoms with Gasteiger partial charge in [0, 0.05) is 6.04 Å². The van der Waals surface area contributed by atoms with Crippen LogP contribution in [0.15, 0.2) is 23.8 Å². The van der Waals surface area contributed by atoms with Gasteiger partial charge in [-0.1, -0.05) is 50.5 Å². The molecule has 2 unspecified atom stereocenters. The van der Waals surface area contributed by atoms with Gasteiger partial charge in [-0.3, -0.25) is 0 Å². The molecule has 2 N–H and O–H groups in total. The highest BCUT2D eigenvalue weighted by Gasteiger charge is 2.33. The summed E-state index contributed by atoms with van der Waals surface area (Å²) in [5, 5.41) is 0. The Bertz CT molecular complexity index is 280. The Hall–Kier alpha value is -0.890. The summed E-state index contributed by atoms with van der Waals surface area (Å²) in [5.74, 6) is 0. The third-order valence-electron chi connectivity index (χ3n) is 3.06. The number of rotatable bonds is 5. The van der Waals surface area contributed by atoms with Crippen LogP contribution in [0.2, 0.25) is 0 Å². The van der Waals surface area contributed by atoms with Gasteiger partial charge >= 0.3 is 0 Å². The Morgan fingerprint density at radius 3 is 2.67 bits per heavy atom. The summed E-state index contributed by atoms with van der Waals surface area (Å²) in [6.07, 6.45) is 11.1. The molecule has 2 atom stereocenters. The molecule has 1 aliphatic carbocycles. The quantitative estimate of drug-likeness (QED) is 0.704. The van der Waals surface area contributed by atoms with E-state index in [1.54, 1.807) is 0 Å². The highest BCUT2D eigenvalue weighted by atomic mass is 16.1. The molecular weight excluding hydrogens is 186 g/mol. The number of allylic oxidation sites excluding steroid dienone is 2. The molecule has 0 aromatic carbocycles. The SMILES string of the molecule is CCCC1=CC(N)C(C=O)(CCC)C=C1. The first-order valence-electron chi connectivity index (χ1n) is 5.80. The molecule has 15 heavy (non-hydrogen) atoms. The molecule has 1 aliphatic rings. The molecule has 0 aliphatic heterocycles. The molecule has 0 spiro atoms. The van der Waals surface area contributed by atoms with Gasteiger partial charge in [-0.15, -0.1) is 0 Å². The first-order chi connectivity index (χ1) is 7.18. The average Bonchev–Trinajstić information content (AvgIpc) is 2.23. The average molecular weight is 207 g/mol.